The lowest BCUT2D eigenvalue weighted by Crippen LogP contribution is -2.55. The largest absolute Gasteiger partial charge is 0.506 e. The number of rotatable bonds is 9. The van der Waals surface area contributed by atoms with Gasteiger partial charge >= 0.3 is 0 Å². The lowest BCUT2D eigenvalue weighted by Gasteiger charge is -2.60. The molecule has 8 heteroatoms. The number of nitrogens with zero attached hydrogens (tertiary/aromatic N) is 1. The molecular formula is C29H38N4O4. The average molecular weight is 507 g/mol. The van der Waals surface area contributed by atoms with Crippen LogP contribution in [0.15, 0.2) is 40.7 Å². The van der Waals surface area contributed by atoms with Crippen molar-refractivity contribution in [3.63, 3.8) is 0 Å². The third-order valence-electron chi connectivity index (χ3n) is 9.39. The molecule has 2 heterocycles. The molecule has 7 rings (SSSR count). The van der Waals surface area contributed by atoms with Gasteiger partial charge in [-0.05, 0) is 81.1 Å². The third kappa shape index (κ3) is 4.82. The van der Waals surface area contributed by atoms with E-state index in [-0.39, 0.29) is 17.2 Å². The number of piperidine rings is 1. The number of H-pyrrole nitrogens is 1. The molecule has 0 radical (unpaired) electrons. The number of hydrogen-bond acceptors (Lipinski definition) is 6. The quantitative estimate of drug-likeness (QED) is 0.334. The molecule has 5 N–H and O–H groups in total. The van der Waals surface area contributed by atoms with Crippen molar-refractivity contribution in [2.75, 3.05) is 32.7 Å². The zero-order valence-electron chi connectivity index (χ0n) is 21.3. The minimum atomic E-state index is -0.753. The maximum Gasteiger partial charge on any atom is 0.248 e. The summed E-state index contributed by atoms with van der Waals surface area (Å²) in [5.41, 5.74) is 2.67. The number of hydrogen-bond donors (Lipinski definition) is 5. The summed E-state index contributed by atoms with van der Waals surface area (Å²) in [5.74, 6) is 1.82. The lowest BCUT2D eigenvalue weighted by atomic mass is 9.45. The van der Waals surface area contributed by atoms with Crippen LogP contribution in [0.2, 0.25) is 0 Å². The number of aliphatic hydroxyl groups is 1. The molecule has 1 aliphatic heterocycles. The van der Waals surface area contributed by atoms with Crippen molar-refractivity contribution in [3.05, 3.63) is 51.8 Å². The van der Waals surface area contributed by atoms with E-state index in [0.717, 1.165) is 50.9 Å². The molecule has 4 atom stereocenters. The van der Waals surface area contributed by atoms with Crippen molar-refractivity contribution in [1.82, 2.24) is 20.5 Å². The molecule has 4 unspecified atom stereocenters. The maximum absolute atomic E-state index is 12.6. The van der Waals surface area contributed by atoms with Crippen molar-refractivity contribution >= 4 is 16.8 Å². The van der Waals surface area contributed by atoms with Crippen LogP contribution in [0.4, 0.5) is 0 Å². The van der Waals surface area contributed by atoms with E-state index < -0.39 is 6.10 Å². The van der Waals surface area contributed by atoms with Gasteiger partial charge in [0.2, 0.25) is 11.5 Å². The number of allylic oxidation sites excluding steroid dienone is 1. The van der Waals surface area contributed by atoms with Gasteiger partial charge in [-0.1, -0.05) is 17.7 Å². The van der Waals surface area contributed by atoms with Crippen molar-refractivity contribution < 1.29 is 15.0 Å². The molecule has 0 spiro atoms. The number of benzene rings is 1. The van der Waals surface area contributed by atoms with E-state index in [4.69, 9.17) is 0 Å². The Morgan fingerprint density at radius 2 is 2.03 bits per heavy atom. The number of aromatic amines is 1. The smallest absolute Gasteiger partial charge is 0.248 e. The van der Waals surface area contributed by atoms with E-state index in [9.17, 15) is 19.8 Å². The molecular weight excluding hydrogens is 468 g/mol. The van der Waals surface area contributed by atoms with Gasteiger partial charge in [0.1, 0.15) is 5.75 Å². The van der Waals surface area contributed by atoms with Gasteiger partial charge in [-0.3, -0.25) is 9.59 Å². The van der Waals surface area contributed by atoms with Crippen LogP contribution >= 0.6 is 0 Å². The number of likely N-dealkylation sites (tertiary alicyclic amines) is 1. The molecule has 37 heavy (non-hydrogen) atoms. The van der Waals surface area contributed by atoms with Crippen molar-refractivity contribution in [2.24, 2.45) is 17.3 Å². The summed E-state index contributed by atoms with van der Waals surface area (Å²) in [5, 5.41) is 28.3. The highest BCUT2D eigenvalue weighted by Crippen LogP contribution is 2.64. The number of aliphatic hydroxyl groups excluding tert-OH is 1. The summed E-state index contributed by atoms with van der Waals surface area (Å²) in [6.07, 6.45) is 9.37. The second kappa shape index (κ2) is 9.89. The Hall–Kier alpha value is -2.68. The normalized spacial score (nSPS) is 28.1. The van der Waals surface area contributed by atoms with Gasteiger partial charge in [0.25, 0.3) is 0 Å². The minimum absolute atomic E-state index is 0.00703. The van der Waals surface area contributed by atoms with Gasteiger partial charge in [0.15, 0.2) is 0 Å². The molecule has 4 aliphatic carbocycles. The number of aromatic hydroxyl groups is 1. The molecule has 198 valence electrons. The van der Waals surface area contributed by atoms with Crippen LogP contribution < -0.4 is 16.2 Å². The van der Waals surface area contributed by atoms with E-state index in [2.05, 4.69) is 26.6 Å². The van der Waals surface area contributed by atoms with Gasteiger partial charge in [-0.25, -0.2) is 0 Å². The second-order valence-corrected chi connectivity index (χ2v) is 11.7. The number of aromatic nitrogens is 1. The van der Waals surface area contributed by atoms with Crippen LogP contribution in [-0.4, -0.2) is 64.8 Å². The first-order valence-electron chi connectivity index (χ1n) is 13.9. The monoisotopic (exact) mass is 506 g/mol. The van der Waals surface area contributed by atoms with Gasteiger partial charge in [-0.15, -0.1) is 0 Å². The van der Waals surface area contributed by atoms with Crippen LogP contribution in [0, 0.1) is 17.3 Å². The van der Waals surface area contributed by atoms with Crippen LogP contribution in [0.3, 0.4) is 0 Å². The van der Waals surface area contributed by atoms with E-state index in [1.54, 1.807) is 17.7 Å². The third-order valence-corrected chi connectivity index (χ3v) is 9.39. The summed E-state index contributed by atoms with van der Waals surface area (Å²) in [6.45, 7) is 3.88. The van der Waals surface area contributed by atoms with E-state index in [0.29, 0.717) is 40.9 Å². The Bertz CT molecular complexity index is 1260. The molecule has 4 bridgehead atoms. The standard InChI is InChI=1S/C29H38N4O4/c34-24-5-2-21(22-3-6-27(37)32-28(22)24)25(35)16-30-20-7-10-33(11-8-20)12-9-26(36)31-17-29-14-18-1-4-23(29)19(13-18)15-29/h2-6,18-20,25,30,34-35H,1,7-17H2,(H,31,36)(H,32,37). The van der Waals surface area contributed by atoms with Crippen LogP contribution in [-0.2, 0) is 4.79 Å². The molecule has 1 amide bonds. The Kier molecular flexibility index (Phi) is 6.59. The first-order chi connectivity index (χ1) is 17.9. The number of phenols is 1. The Morgan fingerprint density at radius 1 is 1.19 bits per heavy atom. The van der Waals surface area contributed by atoms with Crippen LogP contribution in [0.1, 0.15) is 56.6 Å². The lowest BCUT2D eigenvalue weighted by molar-refractivity contribution is -0.122. The molecule has 8 nitrogen and oxygen atoms in total. The summed E-state index contributed by atoms with van der Waals surface area (Å²) in [4.78, 5) is 29.2. The highest BCUT2D eigenvalue weighted by molar-refractivity contribution is 5.87. The molecule has 1 aromatic heterocycles. The molecule has 1 saturated heterocycles. The number of carbonyl (C=O) groups is 1. The van der Waals surface area contributed by atoms with E-state index in [1.807, 2.05) is 0 Å². The molecule has 3 fully saturated rings. The van der Waals surface area contributed by atoms with Gasteiger partial charge in [0, 0.05) is 49.0 Å². The average Bonchev–Trinajstić information content (AvgIpc) is 2.90. The van der Waals surface area contributed by atoms with Crippen LogP contribution in [0.5, 0.6) is 5.75 Å². The van der Waals surface area contributed by atoms with E-state index >= 15 is 0 Å². The highest BCUT2D eigenvalue weighted by atomic mass is 16.3. The van der Waals surface area contributed by atoms with Crippen molar-refractivity contribution in [2.45, 2.75) is 57.1 Å². The summed E-state index contributed by atoms with van der Waals surface area (Å²) >= 11 is 0. The Balaban J connectivity index is 0.920. The zero-order valence-corrected chi connectivity index (χ0v) is 21.3. The molecule has 2 saturated carbocycles. The first kappa shape index (κ1) is 24.6. The number of nitrogens with one attached hydrogen (secondary N) is 3. The Labute approximate surface area is 217 Å². The summed E-state index contributed by atoms with van der Waals surface area (Å²) in [6, 6.07) is 6.56. The van der Waals surface area contributed by atoms with Gasteiger partial charge in [0.05, 0.1) is 11.6 Å². The fourth-order valence-corrected chi connectivity index (χ4v) is 7.47. The first-order valence-corrected chi connectivity index (χ1v) is 13.9. The SMILES string of the molecule is O=C(CCN1CCC(NCC(O)c2ccc(O)c3[nH]c(=O)ccc23)CC1)NCC12CC3CC=C1C(C3)C2. The molecule has 5 aliphatic rings. The molecule has 2 aromatic rings. The predicted molar refractivity (Wildman–Crippen MR) is 142 cm³/mol. The van der Waals surface area contributed by atoms with Gasteiger partial charge in [-0.2, -0.15) is 0 Å². The summed E-state index contributed by atoms with van der Waals surface area (Å²) < 4.78 is 0. The van der Waals surface area contributed by atoms with Crippen molar-refractivity contribution in [1.29, 1.82) is 0 Å². The number of fused-ring (bicyclic) bond motifs is 2. The molecule has 1 aromatic carbocycles. The fourth-order valence-electron chi connectivity index (χ4n) is 7.47. The topological polar surface area (TPSA) is 118 Å². The minimum Gasteiger partial charge on any atom is -0.506 e. The highest BCUT2D eigenvalue weighted by Gasteiger charge is 2.56. The zero-order chi connectivity index (χ0) is 25.6. The number of pyridine rings is 1. The Morgan fingerprint density at radius 3 is 2.78 bits per heavy atom. The van der Waals surface area contributed by atoms with E-state index in [1.165, 1.54) is 37.8 Å². The summed E-state index contributed by atoms with van der Waals surface area (Å²) in [7, 11) is 0. The maximum atomic E-state index is 12.6. The predicted octanol–water partition coefficient (Wildman–Crippen LogP) is 2.57. The second-order valence-electron chi connectivity index (χ2n) is 11.7. The fraction of sp³-hybridized carbons (Fsp3) is 0.586. The number of phenolic OH excluding ortho intramolecular Hbond substituents is 1. The van der Waals surface area contributed by atoms with Gasteiger partial charge < -0.3 is 30.7 Å². The number of carbonyl (C=O) groups excluding carboxylic acids is 1. The number of amides is 1. The van der Waals surface area contributed by atoms with Crippen LogP contribution in [0.25, 0.3) is 10.9 Å². The van der Waals surface area contributed by atoms with Crippen molar-refractivity contribution in [3.8, 4) is 5.75 Å².